The molecular formula is C13H25N7. The lowest BCUT2D eigenvalue weighted by Crippen LogP contribution is -2.45. The topological polar surface area (TPSA) is 60.4 Å². The molecule has 0 amide bonds. The summed E-state index contributed by atoms with van der Waals surface area (Å²) in [6.07, 6.45) is 1.05. The van der Waals surface area contributed by atoms with Crippen molar-refractivity contribution in [3.8, 4) is 0 Å². The second kappa shape index (κ2) is 6.69. The minimum Gasteiger partial charge on any atom is -0.354 e. The number of hydrogen-bond acceptors (Lipinski definition) is 7. The molecule has 1 aromatic rings. The molecule has 2 heterocycles. The minimum atomic E-state index is 0.666. The van der Waals surface area contributed by atoms with E-state index in [0.29, 0.717) is 11.9 Å². The monoisotopic (exact) mass is 279 g/mol. The predicted molar refractivity (Wildman–Crippen MR) is 82.6 cm³/mol. The fraction of sp³-hybridized carbons (Fsp3) is 0.769. The van der Waals surface area contributed by atoms with E-state index in [1.165, 1.54) is 0 Å². The summed E-state index contributed by atoms with van der Waals surface area (Å²) in [5.41, 5.74) is 0. The quantitative estimate of drug-likeness (QED) is 0.842. The summed E-state index contributed by atoms with van der Waals surface area (Å²) in [6, 6.07) is 0. The van der Waals surface area contributed by atoms with E-state index in [9.17, 15) is 0 Å². The first-order chi connectivity index (χ1) is 9.60. The van der Waals surface area contributed by atoms with Gasteiger partial charge in [-0.2, -0.15) is 15.0 Å². The molecule has 1 saturated heterocycles. The van der Waals surface area contributed by atoms with Gasteiger partial charge in [-0.1, -0.05) is 6.92 Å². The van der Waals surface area contributed by atoms with Crippen molar-refractivity contribution in [2.24, 2.45) is 0 Å². The Morgan fingerprint density at radius 1 is 1.10 bits per heavy atom. The number of aromatic nitrogens is 3. The molecule has 0 atom stereocenters. The van der Waals surface area contributed by atoms with E-state index >= 15 is 0 Å². The molecule has 7 nitrogen and oxygen atoms in total. The van der Waals surface area contributed by atoms with Gasteiger partial charge in [0.2, 0.25) is 17.8 Å². The number of nitrogens with zero attached hydrogens (tertiary/aromatic N) is 6. The lowest BCUT2D eigenvalue weighted by Gasteiger charge is -2.32. The molecule has 0 spiro atoms. The van der Waals surface area contributed by atoms with Gasteiger partial charge in [-0.05, 0) is 13.5 Å². The standard InChI is InChI=1S/C13H25N7/c1-5-6-14-11-15-12(18(2)3)17-13(16-11)20-9-7-19(4)8-10-20/h5-10H2,1-4H3,(H,14,15,16,17). The summed E-state index contributed by atoms with van der Waals surface area (Å²) >= 11 is 0. The fourth-order valence-electron chi connectivity index (χ4n) is 2.02. The van der Waals surface area contributed by atoms with E-state index in [0.717, 1.165) is 45.1 Å². The van der Waals surface area contributed by atoms with Crippen LogP contribution in [0.3, 0.4) is 0 Å². The van der Waals surface area contributed by atoms with Gasteiger partial charge in [0.15, 0.2) is 0 Å². The maximum atomic E-state index is 4.56. The Bertz CT molecular complexity index is 427. The van der Waals surface area contributed by atoms with Crippen LogP contribution in [0.25, 0.3) is 0 Å². The summed E-state index contributed by atoms with van der Waals surface area (Å²) in [5, 5.41) is 3.25. The highest BCUT2D eigenvalue weighted by molar-refractivity contribution is 5.44. The molecule has 0 saturated carbocycles. The molecule has 0 bridgehead atoms. The van der Waals surface area contributed by atoms with Crippen molar-refractivity contribution >= 4 is 17.8 Å². The zero-order valence-electron chi connectivity index (χ0n) is 12.9. The van der Waals surface area contributed by atoms with Crippen molar-refractivity contribution in [1.29, 1.82) is 0 Å². The second-order valence-electron chi connectivity index (χ2n) is 5.37. The second-order valence-corrected chi connectivity index (χ2v) is 5.37. The lowest BCUT2D eigenvalue weighted by atomic mass is 10.3. The minimum absolute atomic E-state index is 0.666. The average molecular weight is 279 g/mol. The maximum absolute atomic E-state index is 4.56. The SMILES string of the molecule is CCCNc1nc(N(C)C)nc(N2CCN(C)CC2)n1. The van der Waals surface area contributed by atoms with Crippen LogP contribution < -0.4 is 15.1 Å². The zero-order chi connectivity index (χ0) is 14.5. The molecule has 7 heteroatoms. The summed E-state index contributed by atoms with van der Waals surface area (Å²) < 4.78 is 0. The Morgan fingerprint density at radius 2 is 1.80 bits per heavy atom. The molecule has 2 rings (SSSR count). The van der Waals surface area contributed by atoms with Gasteiger partial charge < -0.3 is 20.0 Å². The largest absolute Gasteiger partial charge is 0.354 e. The number of nitrogens with one attached hydrogen (secondary N) is 1. The van der Waals surface area contributed by atoms with Crippen molar-refractivity contribution in [2.45, 2.75) is 13.3 Å². The number of rotatable bonds is 5. The Labute approximate surface area is 121 Å². The van der Waals surface area contributed by atoms with Crippen LogP contribution in [0.4, 0.5) is 17.8 Å². The van der Waals surface area contributed by atoms with E-state index in [1.54, 1.807) is 0 Å². The van der Waals surface area contributed by atoms with Crippen molar-refractivity contribution in [3.63, 3.8) is 0 Å². The third-order valence-electron chi connectivity index (χ3n) is 3.33. The van der Waals surface area contributed by atoms with Gasteiger partial charge in [0.05, 0.1) is 0 Å². The first-order valence-electron chi connectivity index (χ1n) is 7.21. The van der Waals surface area contributed by atoms with Gasteiger partial charge in [0.25, 0.3) is 0 Å². The Morgan fingerprint density at radius 3 is 2.40 bits per heavy atom. The molecule has 1 aliphatic heterocycles. The van der Waals surface area contributed by atoms with Crippen molar-refractivity contribution in [2.75, 3.05) is 69.0 Å². The van der Waals surface area contributed by atoms with Gasteiger partial charge in [-0.3, -0.25) is 0 Å². The molecule has 0 radical (unpaired) electrons. The number of hydrogen-bond donors (Lipinski definition) is 1. The fourth-order valence-corrected chi connectivity index (χ4v) is 2.02. The van der Waals surface area contributed by atoms with Crippen molar-refractivity contribution in [3.05, 3.63) is 0 Å². The summed E-state index contributed by atoms with van der Waals surface area (Å²) in [6.45, 7) is 7.00. The van der Waals surface area contributed by atoms with Gasteiger partial charge in [0, 0.05) is 46.8 Å². The van der Waals surface area contributed by atoms with E-state index in [2.05, 4.69) is 44.0 Å². The van der Waals surface area contributed by atoms with Crippen LogP contribution in [0.15, 0.2) is 0 Å². The van der Waals surface area contributed by atoms with Gasteiger partial charge in [-0.25, -0.2) is 0 Å². The molecule has 1 fully saturated rings. The number of piperazine rings is 1. The molecule has 20 heavy (non-hydrogen) atoms. The van der Waals surface area contributed by atoms with Crippen LogP contribution in [0, 0.1) is 0 Å². The van der Waals surface area contributed by atoms with Crippen molar-refractivity contribution in [1.82, 2.24) is 19.9 Å². The number of anilines is 3. The highest BCUT2D eigenvalue weighted by Gasteiger charge is 2.18. The van der Waals surface area contributed by atoms with Gasteiger partial charge >= 0.3 is 0 Å². The van der Waals surface area contributed by atoms with Crippen molar-refractivity contribution < 1.29 is 0 Å². The van der Waals surface area contributed by atoms with E-state index in [1.807, 2.05) is 19.0 Å². The van der Waals surface area contributed by atoms with Crippen LogP contribution in [-0.4, -0.2) is 73.7 Å². The smallest absolute Gasteiger partial charge is 0.232 e. The molecule has 112 valence electrons. The highest BCUT2D eigenvalue weighted by Crippen LogP contribution is 2.16. The van der Waals surface area contributed by atoms with E-state index < -0.39 is 0 Å². The lowest BCUT2D eigenvalue weighted by molar-refractivity contribution is 0.311. The molecule has 1 aromatic heterocycles. The Balaban J connectivity index is 2.19. The van der Waals surface area contributed by atoms with Crippen LogP contribution in [0.5, 0.6) is 0 Å². The molecule has 0 aromatic carbocycles. The third kappa shape index (κ3) is 3.69. The summed E-state index contributed by atoms with van der Waals surface area (Å²) in [7, 11) is 6.05. The Kier molecular flexibility index (Phi) is 4.94. The Hall–Kier alpha value is -1.63. The maximum Gasteiger partial charge on any atom is 0.232 e. The van der Waals surface area contributed by atoms with Gasteiger partial charge in [-0.15, -0.1) is 0 Å². The number of likely N-dealkylation sites (N-methyl/N-ethyl adjacent to an activating group) is 1. The van der Waals surface area contributed by atoms with Crippen LogP contribution in [0.2, 0.25) is 0 Å². The van der Waals surface area contributed by atoms with E-state index in [4.69, 9.17) is 0 Å². The van der Waals surface area contributed by atoms with Crippen LogP contribution in [0.1, 0.15) is 13.3 Å². The molecule has 0 aliphatic carbocycles. The molecule has 1 aliphatic rings. The third-order valence-corrected chi connectivity index (χ3v) is 3.33. The summed E-state index contributed by atoms with van der Waals surface area (Å²) in [5.74, 6) is 2.14. The first kappa shape index (κ1) is 14.8. The molecule has 0 unspecified atom stereocenters. The normalized spacial score (nSPS) is 16.3. The van der Waals surface area contributed by atoms with Crippen LogP contribution in [-0.2, 0) is 0 Å². The first-order valence-corrected chi connectivity index (χ1v) is 7.21. The van der Waals surface area contributed by atoms with E-state index in [-0.39, 0.29) is 0 Å². The van der Waals surface area contributed by atoms with Gasteiger partial charge in [0.1, 0.15) is 0 Å². The average Bonchev–Trinajstić information content (AvgIpc) is 2.45. The molecule has 1 N–H and O–H groups in total. The molecular weight excluding hydrogens is 254 g/mol. The van der Waals surface area contributed by atoms with Crippen LogP contribution >= 0.6 is 0 Å². The highest BCUT2D eigenvalue weighted by atomic mass is 15.4. The predicted octanol–water partition coefficient (Wildman–Crippen LogP) is 0.511. The summed E-state index contributed by atoms with van der Waals surface area (Å²) in [4.78, 5) is 20.0. The zero-order valence-corrected chi connectivity index (χ0v) is 12.9.